The largest absolute Gasteiger partial charge is 0.462 e. The predicted octanol–water partition coefficient (Wildman–Crippen LogP) is 1.38. The monoisotopic (exact) mass is 636 g/mol. The summed E-state index contributed by atoms with van der Waals surface area (Å²) in [7, 11) is 1.41. The molecule has 0 bridgehead atoms. The van der Waals surface area contributed by atoms with Crippen LogP contribution in [0.2, 0.25) is 0 Å². The third kappa shape index (κ3) is 4.85. The summed E-state index contributed by atoms with van der Waals surface area (Å²) < 4.78 is 28.5. The maximum absolute atomic E-state index is 12.8. The molecule has 4 aliphatic carbocycles. The molecular formula is C33H48O12. The number of rotatable bonds is 5. The SMILES string of the molecule is CO[C@H]1[C@H](O)[C@@H](OC2CC[C@@]3(C)C(C2)C(OC(C)=O)C[C@]2(O)[C@@H]3CC[C@]3(C)[C@@H](c4ccc(=O)oc4)C(O)C[C@@]32O)O[C@@H](C)[C@@H]1O. The molecule has 5 N–H and O–H groups in total. The van der Waals surface area contributed by atoms with Crippen LogP contribution in [-0.2, 0) is 23.7 Å². The van der Waals surface area contributed by atoms with Crippen LogP contribution >= 0.6 is 0 Å². The standard InChI is InChI=1S/C33H48O12/c1-16-26(37)28(41-5)27(38)29(43-16)45-19-8-10-30(3)20(12-19)22(44-17(2)34)14-32(39)23(30)9-11-31(4)25(21(35)13-33(31,32)40)18-6-7-24(36)42-15-18/h6-7,15-16,19-23,25-29,35,37-40H,8-14H2,1-5H3/t16-,19?,20?,21?,22?,23+,25-,26-,27-,28+,29+,30-,31+,32-,33+/m0/s1. The lowest BCUT2D eigenvalue weighted by Gasteiger charge is -2.68. The van der Waals surface area contributed by atoms with Gasteiger partial charge in [-0.3, -0.25) is 4.79 Å². The zero-order valence-electron chi connectivity index (χ0n) is 26.6. The Morgan fingerprint density at radius 1 is 1.04 bits per heavy atom. The summed E-state index contributed by atoms with van der Waals surface area (Å²) >= 11 is 0. The van der Waals surface area contributed by atoms with Crippen LogP contribution in [0, 0.1) is 22.7 Å². The van der Waals surface area contributed by atoms with E-state index in [0.29, 0.717) is 37.7 Å². The van der Waals surface area contributed by atoms with Crippen molar-refractivity contribution in [3.63, 3.8) is 0 Å². The number of methoxy groups -OCH3 is 1. The summed E-state index contributed by atoms with van der Waals surface area (Å²) in [6.07, 6.45) is -2.93. The molecule has 0 spiro atoms. The zero-order chi connectivity index (χ0) is 32.7. The van der Waals surface area contributed by atoms with Crippen molar-refractivity contribution in [2.24, 2.45) is 22.7 Å². The van der Waals surface area contributed by atoms with Gasteiger partial charge in [0.15, 0.2) is 6.29 Å². The van der Waals surface area contributed by atoms with Crippen molar-refractivity contribution >= 4 is 5.97 Å². The van der Waals surface area contributed by atoms with Crippen molar-refractivity contribution in [3.8, 4) is 0 Å². The van der Waals surface area contributed by atoms with Gasteiger partial charge in [0.05, 0.1) is 24.6 Å². The van der Waals surface area contributed by atoms with Gasteiger partial charge in [-0.2, -0.15) is 0 Å². The fourth-order valence-corrected chi connectivity index (χ4v) is 10.5. The topological polar surface area (TPSA) is 185 Å². The molecule has 1 aliphatic heterocycles. The third-order valence-corrected chi connectivity index (χ3v) is 12.7. The summed E-state index contributed by atoms with van der Waals surface area (Å²) in [6.45, 7) is 6.99. The highest BCUT2D eigenvalue weighted by Crippen LogP contribution is 2.72. The molecule has 0 radical (unpaired) electrons. The quantitative estimate of drug-likeness (QED) is 0.231. The molecule has 12 nitrogen and oxygen atoms in total. The van der Waals surface area contributed by atoms with Gasteiger partial charge < -0.3 is 48.9 Å². The Hall–Kier alpha value is -1.90. The molecule has 0 aromatic carbocycles. The number of carbonyl (C=O) groups is 1. The number of aliphatic hydroxyl groups is 5. The van der Waals surface area contributed by atoms with E-state index in [1.54, 1.807) is 13.0 Å². The molecule has 4 saturated carbocycles. The van der Waals surface area contributed by atoms with Crippen molar-refractivity contribution in [1.82, 2.24) is 0 Å². The van der Waals surface area contributed by atoms with E-state index >= 15 is 0 Å². The molecule has 4 unspecified atom stereocenters. The Bertz CT molecular complexity index is 1310. The maximum Gasteiger partial charge on any atom is 0.335 e. The Kier molecular flexibility index (Phi) is 8.34. The van der Waals surface area contributed by atoms with Crippen molar-refractivity contribution in [2.45, 2.75) is 139 Å². The highest BCUT2D eigenvalue weighted by molar-refractivity contribution is 5.66. The van der Waals surface area contributed by atoms with Gasteiger partial charge in [-0.05, 0) is 62.0 Å². The number of carbonyl (C=O) groups excluding carboxylic acids is 1. The van der Waals surface area contributed by atoms with Gasteiger partial charge in [-0.25, -0.2) is 4.79 Å². The van der Waals surface area contributed by atoms with Crippen LogP contribution in [0.5, 0.6) is 0 Å². The Morgan fingerprint density at radius 2 is 1.78 bits per heavy atom. The number of esters is 1. The smallest absolute Gasteiger partial charge is 0.335 e. The number of ether oxygens (including phenoxy) is 4. The number of aliphatic hydroxyl groups excluding tert-OH is 3. The van der Waals surface area contributed by atoms with Gasteiger partial charge in [0, 0.05) is 50.2 Å². The molecule has 12 heteroatoms. The van der Waals surface area contributed by atoms with Crippen LogP contribution in [-0.4, -0.2) is 98.8 Å². The highest BCUT2D eigenvalue weighted by atomic mass is 16.7. The first-order valence-electron chi connectivity index (χ1n) is 16.2. The normalized spacial score (nSPS) is 51.1. The van der Waals surface area contributed by atoms with Crippen molar-refractivity contribution in [1.29, 1.82) is 0 Å². The minimum atomic E-state index is -1.73. The molecule has 0 amide bonds. The second-order valence-corrected chi connectivity index (χ2v) is 14.8. The molecule has 5 fully saturated rings. The highest BCUT2D eigenvalue weighted by Gasteiger charge is 2.77. The predicted molar refractivity (Wildman–Crippen MR) is 157 cm³/mol. The minimum Gasteiger partial charge on any atom is -0.462 e. The maximum atomic E-state index is 12.8. The summed E-state index contributed by atoms with van der Waals surface area (Å²) in [4.78, 5) is 24.1. The van der Waals surface area contributed by atoms with Crippen LogP contribution in [0.3, 0.4) is 0 Å². The van der Waals surface area contributed by atoms with Gasteiger partial charge in [0.25, 0.3) is 0 Å². The average molecular weight is 637 g/mol. The van der Waals surface area contributed by atoms with E-state index in [1.807, 2.05) is 6.92 Å². The van der Waals surface area contributed by atoms with Crippen LogP contribution in [0.15, 0.2) is 27.6 Å². The molecule has 2 heterocycles. The third-order valence-electron chi connectivity index (χ3n) is 12.7. The van der Waals surface area contributed by atoms with E-state index in [-0.39, 0.29) is 30.8 Å². The first kappa shape index (κ1) is 33.0. The summed E-state index contributed by atoms with van der Waals surface area (Å²) in [5.74, 6) is -1.69. The number of hydrogen-bond acceptors (Lipinski definition) is 12. The molecule has 1 aromatic heterocycles. The second-order valence-electron chi connectivity index (χ2n) is 14.8. The van der Waals surface area contributed by atoms with E-state index in [2.05, 4.69) is 6.92 Å². The van der Waals surface area contributed by atoms with Crippen LogP contribution in [0.25, 0.3) is 0 Å². The van der Waals surface area contributed by atoms with E-state index in [4.69, 9.17) is 23.4 Å². The van der Waals surface area contributed by atoms with Crippen LogP contribution in [0.1, 0.15) is 84.1 Å². The molecular weight excluding hydrogens is 588 g/mol. The summed E-state index contributed by atoms with van der Waals surface area (Å²) in [5.41, 5.74) is -4.87. The average Bonchev–Trinajstić information content (AvgIpc) is 3.18. The zero-order valence-corrected chi connectivity index (χ0v) is 26.6. The van der Waals surface area contributed by atoms with Gasteiger partial charge in [-0.1, -0.05) is 13.8 Å². The van der Waals surface area contributed by atoms with Gasteiger partial charge in [-0.15, -0.1) is 0 Å². The summed E-state index contributed by atoms with van der Waals surface area (Å²) in [6, 6.07) is 2.90. The van der Waals surface area contributed by atoms with E-state index < -0.39 is 82.5 Å². The Morgan fingerprint density at radius 3 is 2.42 bits per heavy atom. The van der Waals surface area contributed by atoms with Crippen molar-refractivity contribution in [2.75, 3.05) is 7.11 Å². The number of fused-ring (bicyclic) bond motifs is 5. The first-order chi connectivity index (χ1) is 21.1. The molecule has 45 heavy (non-hydrogen) atoms. The van der Waals surface area contributed by atoms with E-state index in [1.165, 1.54) is 26.4 Å². The fourth-order valence-electron chi connectivity index (χ4n) is 10.5. The molecule has 252 valence electrons. The Labute approximate surface area is 262 Å². The molecule has 5 aliphatic rings. The van der Waals surface area contributed by atoms with E-state index in [0.717, 1.165) is 0 Å². The second kappa shape index (κ2) is 11.4. The molecule has 1 aromatic rings. The lowest BCUT2D eigenvalue weighted by molar-refractivity contribution is -0.328. The van der Waals surface area contributed by atoms with Gasteiger partial charge in [0.2, 0.25) is 0 Å². The van der Waals surface area contributed by atoms with Crippen molar-refractivity contribution < 1.29 is 53.7 Å². The first-order valence-corrected chi connectivity index (χ1v) is 16.2. The fraction of sp³-hybridized carbons (Fsp3) is 0.818. The lowest BCUT2D eigenvalue weighted by atomic mass is 9.40. The lowest BCUT2D eigenvalue weighted by Crippen LogP contribution is -2.75. The van der Waals surface area contributed by atoms with Crippen LogP contribution in [0.4, 0.5) is 0 Å². The van der Waals surface area contributed by atoms with Crippen LogP contribution < -0.4 is 5.63 Å². The molecule has 1 saturated heterocycles. The summed E-state index contributed by atoms with van der Waals surface area (Å²) in [5, 5.41) is 58.2. The Balaban J connectivity index is 1.30. The van der Waals surface area contributed by atoms with Crippen molar-refractivity contribution in [3.05, 3.63) is 34.4 Å². The van der Waals surface area contributed by atoms with Gasteiger partial charge >= 0.3 is 11.6 Å². The number of hydrogen-bond donors (Lipinski definition) is 5. The van der Waals surface area contributed by atoms with E-state index in [9.17, 15) is 35.1 Å². The minimum absolute atomic E-state index is 0.0167. The molecule has 15 atom stereocenters. The van der Waals surface area contributed by atoms with Gasteiger partial charge in [0.1, 0.15) is 35.6 Å². The molecule has 6 rings (SSSR count).